The van der Waals surface area contributed by atoms with Crippen molar-refractivity contribution >= 4 is 50.0 Å². The van der Waals surface area contributed by atoms with Gasteiger partial charge in [-0.15, -0.1) is 22.7 Å². The molecule has 0 radical (unpaired) electrons. The van der Waals surface area contributed by atoms with Gasteiger partial charge in [0.25, 0.3) is 0 Å². The van der Waals surface area contributed by atoms with Crippen molar-refractivity contribution in [3.63, 3.8) is 0 Å². The molecular formula is C27H25N3O4S2. The third-order valence-electron chi connectivity index (χ3n) is 6.59. The number of carbonyl (C=O) groups excluding carboxylic acids is 1. The summed E-state index contributed by atoms with van der Waals surface area (Å²) in [4.78, 5) is 26.3. The van der Waals surface area contributed by atoms with Crippen molar-refractivity contribution in [2.24, 2.45) is 7.05 Å². The average molecular weight is 520 g/mol. The number of aryl methyl sites for hydroxylation is 3. The lowest BCUT2D eigenvalue weighted by Crippen LogP contribution is -2.18. The summed E-state index contributed by atoms with van der Waals surface area (Å²) in [5, 5.41) is 16.7. The molecule has 9 heteroatoms. The number of fused-ring (bicyclic) bond motifs is 1. The summed E-state index contributed by atoms with van der Waals surface area (Å²) >= 11 is 3.17. The monoisotopic (exact) mass is 519 g/mol. The van der Waals surface area contributed by atoms with E-state index in [0.29, 0.717) is 24.2 Å². The number of benzene rings is 1. The summed E-state index contributed by atoms with van der Waals surface area (Å²) in [7, 11) is 1.73. The second-order valence-electron chi connectivity index (χ2n) is 9.02. The van der Waals surface area contributed by atoms with Crippen LogP contribution in [0.15, 0.2) is 36.5 Å². The maximum Gasteiger partial charge on any atom is 0.413 e. The Morgan fingerprint density at radius 1 is 1.14 bits per heavy atom. The number of ether oxygens (including phenoxy) is 1. The lowest BCUT2D eigenvalue weighted by atomic mass is 10.0. The first kappa shape index (κ1) is 24.1. The molecule has 5 rings (SSSR count). The standard InChI is InChI=1S/C27H25N3O4S2/c1-15-20(35-22-16(2)23(36-21(15)22)27(12-13-27)25(31)32)11-10-19-14-28-30(4)24(19)29-26(33)34-17(3)18-8-6-5-7-9-18/h5-9,14,17H,12-13H2,1-4H3,(H,29,33)(H,31,32)/t17-/m1/s1. The number of thiophene rings is 2. The van der Waals surface area contributed by atoms with Crippen LogP contribution in [0.1, 0.15) is 57.9 Å². The largest absolute Gasteiger partial charge is 0.481 e. The van der Waals surface area contributed by atoms with E-state index < -0.39 is 23.6 Å². The van der Waals surface area contributed by atoms with Gasteiger partial charge in [-0.2, -0.15) is 5.10 Å². The molecule has 36 heavy (non-hydrogen) atoms. The topological polar surface area (TPSA) is 93.5 Å². The molecule has 1 aromatic carbocycles. The number of carboxylic acid groups (broad SMARTS) is 1. The zero-order valence-electron chi connectivity index (χ0n) is 20.3. The molecular weight excluding hydrogens is 494 g/mol. The highest BCUT2D eigenvalue weighted by molar-refractivity contribution is 7.28. The van der Waals surface area contributed by atoms with Crippen LogP contribution in [0.25, 0.3) is 9.40 Å². The van der Waals surface area contributed by atoms with Crippen molar-refractivity contribution in [1.29, 1.82) is 0 Å². The zero-order chi connectivity index (χ0) is 25.6. The number of hydrogen-bond acceptors (Lipinski definition) is 6. The Balaban J connectivity index is 1.37. The Morgan fingerprint density at radius 3 is 2.47 bits per heavy atom. The highest BCUT2D eigenvalue weighted by atomic mass is 32.1. The molecule has 1 saturated carbocycles. The summed E-state index contributed by atoms with van der Waals surface area (Å²) in [6.45, 7) is 5.85. The Morgan fingerprint density at radius 2 is 1.83 bits per heavy atom. The van der Waals surface area contributed by atoms with Gasteiger partial charge in [0.2, 0.25) is 0 Å². The van der Waals surface area contributed by atoms with Gasteiger partial charge in [0.15, 0.2) is 0 Å². The normalized spacial score (nSPS) is 14.7. The fourth-order valence-corrected chi connectivity index (χ4v) is 7.16. The maximum absolute atomic E-state index is 12.6. The number of hydrogen-bond donors (Lipinski definition) is 2. The molecule has 2 N–H and O–H groups in total. The van der Waals surface area contributed by atoms with Crippen LogP contribution >= 0.6 is 22.7 Å². The number of rotatable bonds is 5. The van der Waals surface area contributed by atoms with Crippen molar-refractivity contribution in [2.45, 2.75) is 45.1 Å². The number of carbonyl (C=O) groups is 2. The number of amides is 1. The first-order valence-electron chi connectivity index (χ1n) is 11.5. The predicted octanol–water partition coefficient (Wildman–Crippen LogP) is 6.14. The molecule has 0 unspecified atom stereocenters. The molecule has 0 aliphatic heterocycles. The number of anilines is 1. The van der Waals surface area contributed by atoms with Crippen LogP contribution in [0.3, 0.4) is 0 Å². The molecule has 0 bridgehead atoms. The van der Waals surface area contributed by atoms with Gasteiger partial charge < -0.3 is 9.84 Å². The number of nitrogens with one attached hydrogen (secondary N) is 1. The molecule has 1 amide bonds. The van der Waals surface area contributed by atoms with E-state index >= 15 is 0 Å². The number of aliphatic carboxylic acids is 1. The van der Waals surface area contributed by atoms with Crippen LogP contribution in [0.4, 0.5) is 10.6 Å². The smallest absolute Gasteiger partial charge is 0.413 e. The minimum absolute atomic E-state index is 0.403. The van der Waals surface area contributed by atoms with Gasteiger partial charge in [-0.25, -0.2) is 4.79 Å². The minimum Gasteiger partial charge on any atom is -0.481 e. The molecule has 7 nitrogen and oxygen atoms in total. The van der Waals surface area contributed by atoms with Gasteiger partial charge in [-0.3, -0.25) is 14.8 Å². The average Bonchev–Trinajstić information content (AvgIpc) is 3.40. The Bertz CT molecular complexity index is 1550. The van der Waals surface area contributed by atoms with E-state index in [0.717, 1.165) is 35.8 Å². The summed E-state index contributed by atoms with van der Waals surface area (Å²) < 4.78 is 9.29. The highest BCUT2D eigenvalue weighted by Crippen LogP contribution is 2.55. The van der Waals surface area contributed by atoms with Crippen LogP contribution in [0, 0.1) is 25.7 Å². The number of aromatic nitrogens is 2. The van der Waals surface area contributed by atoms with E-state index in [2.05, 4.69) is 22.3 Å². The zero-order valence-corrected chi connectivity index (χ0v) is 22.0. The van der Waals surface area contributed by atoms with Crippen molar-refractivity contribution < 1.29 is 19.4 Å². The van der Waals surface area contributed by atoms with Crippen LogP contribution in [-0.2, 0) is 22.0 Å². The molecule has 4 aromatic rings. The van der Waals surface area contributed by atoms with E-state index in [-0.39, 0.29) is 0 Å². The van der Waals surface area contributed by atoms with Crippen LogP contribution in [-0.4, -0.2) is 26.9 Å². The minimum atomic E-state index is -0.731. The molecule has 1 aliphatic rings. The summed E-state index contributed by atoms with van der Waals surface area (Å²) in [5.74, 6) is 6.11. The number of nitrogens with zero attached hydrogens (tertiary/aromatic N) is 2. The van der Waals surface area contributed by atoms with Crippen LogP contribution in [0.5, 0.6) is 0 Å². The maximum atomic E-state index is 12.6. The molecule has 3 aromatic heterocycles. The van der Waals surface area contributed by atoms with E-state index in [9.17, 15) is 14.7 Å². The predicted molar refractivity (Wildman–Crippen MR) is 142 cm³/mol. The lowest BCUT2D eigenvalue weighted by molar-refractivity contribution is -0.139. The first-order chi connectivity index (χ1) is 17.2. The van der Waals surface area contributed by atoms with Crippen molar-refractivity contribution in [2.75, 3.05) is 5.32 Å². The van der Waals surface area contributed by atoms with Gasteiger partial charge in [-0.1, -0.05) is 42.2 Å². The fourth-order valence-electron chi connectivity index (χ4n) is 4.27. The second kappa shape index (κ2) is 9.12. The van der Waals surface area contributed by atoms with Gasteiger partial charge in [0.1, 0.15) is 17.3 Å². The van der Waals surface area contributed by atoms with E-state index in [1.807, 2.05) is 51.1 Å². The SMILES string of the molecule is Cc1c(C#Cc2cnn(C)c2NC(=O)O[C@H](C)c2ccccc2)sc2c(C)c(C3(C(=O)O)CC3)sc12. The highest BCUT2D eigenvalue weighted by Gasteiger charge is 2.54. The summed E-state index contributed by atoms with van der Waals surface area (Å²) in [5.41, 5.74) is 2.89. The van der Waals surface area contributed by atoms with Crippen molar-refractivity contribution in [1.82, 2.24) is 9.78 Å². The van der Waals surface area contributed by atoms with Crippen molar-refractivity contribution in [3.05, 3.63) is 68.5 Å². The molecule has 1 fully saturated rings. The van der Waals surface area contributed by atoms with Gasteiger partial charge in [0.05, 0.1) is 16.6 Å². The fraction of sp³-hybridized carbons (Fsp3) is 0.296. The molecule has 3 heterocycles. The van der Waals surface area contributed by atoms with Gasteiger partial charge >= 0.3 is 12.1 Å². The van der Waals surface area contributed by atoms with Gasteiger partial charge in [0, 0.05) is 21.3 Å². The van der Waals surface area contributed by atoms with Crippen molar-refractivity contribution in [3.8, 4) is 11.8 Å². The van der Waals surface area contributed by atoms with Crippen LogP contribution in [0.2, 0.25) is 0 Å². The Hall–Kier alpha value is -3.61. The second-order valence-corrected chi connectivity index (χ2v) is 11.1. The molecule has 1 atom stereocenters. The van der Waals surface area contributed by atoms with E-state index in [1.54, 1.807) is 40.6 Å². The quantitative estimate of drug-likeness (QED) is 0.309. The third-order valence-corrected chi connectivity index (χ3v) is 9.67. The molecule has 1 aliphatic carbocycles. The van der Waals surface area contributed by atoms with E-state index in [4.69, 9.17) is 4.74 Å². The first-order valence-corrected chi connectivity index (χ1v) is 13.2. The molecule has 0 saturated heterocycles. The molecule has 0 spiro atoms. The number of carboxylic acids is 1. The Labute approximate surface area is 216 Å². The Kier molecular flexibility index (Phi) is 6.10. The molecule has 184 valence electrons. The van der Waals surface area contributed by atoms with Crippen LogP contribution < -0.4 is 5.32 Å². The van der Waals surface area contributed by atoms with E-state index in [1.165, 1.54) is 0 Å². The van der Waals surface area contributed by atoms with Gasteiger partial charge in [-0.05, 0) is 50.3 Å². The third kappa shape index (κ3) is 4.16. The lowest BCUT2D eigenvalue weighted by Gasteiger charge is -2.14. The summed E-state index contributed by atoms with van der Waals surface area (Å²) in [6.07, 6.45) is 2.03. The summed E-state index contributed by atoms with van der Waals surface area (Å²) in [6, 6.07) is 9.53.